The zero-order valence-electron chi connectivity index (χ0n) is 5.62. The minimum Gasteiger partial charge on any atom is -0.391 e. The van der Waals surface area contributed by atoms with Crippen LogP contribution in [0.3, 0.4) is 0 Å². The Morgan fingerprint density at radius 1 is 1.40 bits per heavy atom. The second-order valence-corrected chi connectivity index (χ2v) is 2.32. The van der Waals surface area contributed by atoms with E-state index in [2.05, 4.69) is 0 Å². The smallest absolute Gasteiger partial charge is 0.286 e. The van der Waals surface area contributed by atoms with Crippen molar-refractivity contribution in [1.29, 1.82) is 0 Å². The van der Waals surface area contributed by atoms with E-state index < -0.39 is 12.1 Å². The number of aliphatic hydroxyl groups excluding tert-OH is 1. The molecule has 5 nitrogen and oxygen atoms in total. The van der Waals surface area contributed by atoms with Gasteiger partial charge in [-0.2, -0.15) is 0 Å². The SMILES string of the molecule is NC1(N)OCCC(O)CO1. The molecule has 10 heavy (non-hydrogen) atoms. The molecule has 1 fully saturated rings. The van der Waals surface area contributed by atoms with Crippen molar-refractivity contribution in [3.05, 3.63) is 0 Å². The number of hydrogen-bond donors (Lipinski definition) is 3. The summed E-state index contributed by atoms with van der Waals surface area (Å²) >= 11 is 0. The Bertz CT molecular complexity index is 117. The third-order valence-corrected chi connectivity index (χ3v) is 1.28. The van der Waals surface area contributed by atoms with E-state index in [-0.39, 0.29) is 6.61 Å². The summed E-state index contributed by atoms with van der Waals surface area (Å²) in [7, 11) is 0. The van der Waals surface area contributed by atoms with E-state index >= 15 is 0 Å². The van der Waals surface area contributed by atoms with Crippen LogP contribution in [0.15, 0.2) is 0 Å². The van der Waals surface area contributed by atoms with Crippen molar-refractivity contribution in [3.63, 3.8) is 0 Å². The lowest BCUT2D eigenvalue weighted by Gasteiger charge is -2.21. The van der Waals surface area contributed by atoms with Crippen molar-refractivity contribution in [3.8, 4) is 0 Å². The largest absolute Gasteiger partial charge is 0.391 e. The van der Waals surface area contributed by atoms with Crippen molar-refractivity contribution in [2.75, 3.05) is 13.2 Å². The first-order valence-electron chi connectivity index (χ1n) is 3.14. The van der Waals surface area contributed by atoms with Crippen LogP contribution in [-0.2, 0) is 9.47 Å². The van der Waals surface area contributed by atoms with Gasteiger partial charge in [0.15, 0.2) is 0 Å². The average molecular weight is 148 g/mol. The highest BCUT2D eigenvalue weighted by atomic mass is 16.7. The van der Waals surface area contributed by atoms with Gasteiger partial charge in [-0.3, -0.25) is 11.5 Å². The van der Waals surface area contributed by atoms with Gasteiger partial charge in [0.2, 0.25) is 0 Å². The molecule has 1 saturated heterocycles. The standard InChI is InChI=1S/C5H12N2O3/c6-5(7)9-2-1-4(8)3-10-5/h4,8H,1-3,6-7H2. The number of ether oxygens (including phenoxy) is 2. The van der Waals surface area contributed by atoms with E-state index in [0.717, 1.165) is 0 Å². The first kappa shape index (κ1) is 7.90. The number of aliphatic hydroxyl groups is 1. The van der Waals surface area contributed by atoms with Gasteiger partial charge in [0.05, 0.1) is 19.3 Å². The number of rotatable bonds is 0. The molecular formula is C5H12N2O3. The molecule has 0 aromatic carbocycles. The summed E-state index contributed by atoms with van der Waals surface area (Å²) in [4.78, 5) is 0. The zero-order valence-corrected chi connectivity index (χ0v) is 5.62. The Balaban J connectivity index is 2.41. The molecule has 0 amide bonds. The highest BCUT2D eigenvalue weighted by molar-refractivity contribution is 4.61. The Morgan fingerprint density at radius 3 is 2.80 bits per heavy atom. The second kappa shape index (κ2) is 2.81. The van der Waals surface area contributed by atoms with Crippen LogP contribution >= 0.6 is 0 Å². The van der Waals surface area contributed by atoms with Crippen molar-refractivity contribution in [1.82, 2.24) is 0 Å². The molecule has 0 saturated carbocycles. The van der Waals surface area contributed by atoms with Gasteiger partial charge in [-0.15, -0.1) is 0 Å². The minimum absolute atomic E-state index is 0.132. The number of nitrogens with two attached hydrogens (primary N) is 2. The summed E-state index contributed by atoms with van der Waals surface area (Å²) in [6.07, 6.45) is -0.00940. The molecule has 1 aliphatic rings. The predicted octanol–water partition coefficient (Wildman–Crippen LogP) is -1.69. The van der Waals surface area contributed by atoms with Crippen LogP contribution < -0.4 is 11.5 Å². The molecule has 0 radical (unpaired) electrons. The Hall–Kier alpha value is -0.200. The first-order chi connectivity index (χ1) is 4.60. The molecule has 0 spiro atoms. The fraction of sp³-hybridized carbons (Fsp3) is 1.00. The van der Waals surface area contributed by atoms with Crippen molar-refractivity contribution >= 4 is 0 Å². The van der Waals surface area contributed by atoms with Gasteiger partial charge in [-0.1, -0.05) is 0 Å². The van der Waals surface area contributed by atoms with E-state index in [0.29, 0.717) is 13.0 Å². The third kappa shape index (κ3) is 2.20. The van der Waals surface area contributed by atoms with Crippen LogP contribution in [0.1, 0.15) is 6.42 Å². The van der Waals surface area contributed by atoms with Crippen molar-refractivity contribution < 1.29 is 14.6 Å². The van der Waals surface area contributed by atoms with Crippen LogP contribution in [0.2, 0.25) is 0 Å². The summed E-state index contributed by atoms with van der Waals surface area (Å²) in [6, 6.07) is -1.52. The summed E-state index contributed by atoms with van der Waals surface area (Å²) in [5, 5.41) is 9.01. The molecular weight excluding hydrogens is 136 g/mol. The van der Waals surface area contributed by atoms with Crippen LogP contribution in [0, 0.1) is 0 Å². The lowest BCUT2D eigenvalue weighted by Crippen LogP contribution is -2.54. The van der Waals surface area contributed by atoms with Gasteiger partial charge in [-0.25, -0.2) is 0 Å². The molecule has 1 unspecified atom stereocenters. The molecule has 5 heteroatoms. The maximum atomic E-state index is 9.01. The van der Waals surface area contributed by atoms with Crippen LogP contribution in [0.5, 0.6) is 0 Å². The molecule has 0 aromatic rings. The summed E-state index contributed by atoms with van der Waals surface area (Å²) in [5.74, 6) is 0. The third-order valence-electron chi connectivity index (χ3n) is 1.28. The molecule has 0 aromatic heterocycles. The fourth-order valence-electron chi connectivity index (χ4n) is 0.706. The maximum absolute atomic E-state index is 9.01. The summed E-state index contributed by atoms with van der Waals surface area (Å²) in [5.41, 5.74) is 10.5. The molecule has 5 N–H and O–H groups in total. The van der Waals surface area contributed by atoms with Crippen LogP contribution in [0.4, 0.5) is 0 Å². The molecule has 0 aliphatic carbocycles. The quantitative estimate of drug-likeness (QED) is 0.357. The van der Waals surface area contributed by atoms with Gasteiger partial charge in [0.1, 0.15) is 0 Å². The summed E-state index contributed by atoms with van der Waals surface area (Å²) in [6.45, 7) is 0.459. The van der Waals surface area contributed by atoms with Gasteiger partial charge in [0.25, 0.3) is 6.03 Å². The van der Waals surface area contributed by atoms with Crippen LogP contribution in [-0.4, -0.2) is 30.5 Å². The van der Waals surface area contributed by atoms with E-state index in [1.165, 1.54) is 0 Å². The lowest BCUT2D eigenvalue weighted by molar-refractivity contribution is -0.220. The monoisotopic (exact) mass is 148 g/mol. The van der Waals surface area contributed by atoms with Gasteiger partial charge in [-0.05, 0) is 6.42 Å². The van der Waals surface area contributed by atoms with E-state index in [1.807, 2.05) is 0 Å². The fourth-order valence-corrected chi connectivity index (χ4v) is 0.706. The highest BCUT2D eigenvalue weighted by Crippen LogP contribution is 2.07. The van der Waals surface area contributed by atoms with E-state index in [9.17, 15) is 0 Å². The minimum atomic E-state index is -1.52. The molecule has 1 aliphatic heterocycles. The Morgan fingerprint density at radius 2 is 2.10 bits per heavy atom. The number of hydrogen-bond acceptors (Lipinski definition) is 5. The first-order valence-corrected chi connectivity index (χ1v) is 3.14. The van der Waals surface area contributed by atoms with Gasteiger partial charge < -0.3 is 14.6 Å². The Kier molecular flexibility index (Phi) is 2.22. The van der Waals surface area contributed by atoms with Gasteiger partial charge >= 0.3 is 0 Å². The molecule has 1 rings (SSSR count). The molecule has 60 valence electrons. The van der Waals surface area contributed by atoms with Crippen molar-refractivity contribution in [2.24, 2.45) is 11.5 Å². The van der Waals surface area contributed by atoms with Gasteiger partial charge in [0, 0.05) is 0 Å². The van der Waals surface area contributed by atoms with Crippen molar-refractivity contribution in [2.45, 2.75) is 18.6 Å². The van der Waals surface area contributed by atoms with Crippen LogP contribution in [0.25, 0.3) is 0 Å². The highest BCUT2D eigenvalue weighted by Gasteiger charge is 2.25. The zero-order chi connectivity index (χ0) is 7.61. The lowest BCUT2D eigenvalue weighted by atomic mass is 10.3. The van der Waals surface area contributed by atoms with E-state index in [1.54, 1.807) is 0 Å². The maximum Gasteiger partial charge on any atom is 0.286 e. The summed E-state index contributed by atoms with van der Waals surface area (Å²) < 4.78 is 9.62. The molecule has 0 bridgehead atoms. The second-order valence-electron chi connectivity index (χ2n) is 2.32. The van der Waals surface area contributed by atoms with E-state index in [4.69, 9.17) is 26.0 Å². The topological polar surface area (TPSA) is 90.7 Å². The normalized spacial score (nSPS) is 33.3. The molecule has 1 heterocycles. The average Bonchev–Trinajstić information content (AvgIpc) is 1.94. The Labute approximate surface area is 58.9 Å². The predicted molar refractivity (Wildman–Crippen MR) is 33.6 cm³/mol. The molecule has 1 atom stereocenters.